The molecule has 3 aromatic carbocycles. The van der Waals surface area contributed by atoms with Crippen LogP contribution < -0.4 is 19.9 Å². The number of benzene rings is 3. The monoisotopic (exact) mass is 634 g/mol. The van der Waals surface area contributed by atoms with Crippen LogP contribution in [0.15, 0.2) is 42.5 Å². The van der Waals surface area contributed by atoms with Gasteiger partial charge in [0.15, 0.2) is 0 Å². The van der Waals surface area contributed by atoms with Crippen LogP contribution in [0, 0.1) is 48.2 Å². The summed E-state index contributed by atoms with van der Waals surface area (Å²) in [6.07, 6.45) is 0.308. The molecule has 1 atom stereocenters. The van der Waals surface area contributed by atoms with Gasteiger partial charge in [0, 0.05) is 24.5 Å². The molecule has 0 aliphatic carbocycles. The fraction of sp³-hybridized carbons (Fsp3) is 0.344. The van der Waals surface area contributed by atoms with Crippen LogP contribution in [0.5, 0.6) is 5.75 Å². The van der Waals surface area contributed by atoms with Gasteiger partial charge in [-0.15, -0.1) is 12.4 Å². The summed E-state index contributed by atoms with van der Waals surface area (Å²) in [6.45, 7) is 19.5. The van der Waals surface area contributed by atoms with Crippen LogP contribution in [0.3, 0.4) is 0 Å². The number of nitrogens with one attached hydrogen (secondary N) is 1. The minimum Gasteiger partial charge on any atom is -0.502 e. The molecule has 0 bridgehead atoms. The smallest absolute Gasteiger partial charge is 0.0146 e. The van der Waals surface area contributed by atoms with E-state index in [-0.39, 0.29) is 24.4 Å². The number of hydrogen-bond acceptors (Lipinski definition) is 4. The van der Waals surface area contributed by atoms with E-state index in [9.17, 15) is 4.79 Å². The van der Waals surface area contributed by atoms with E-state index >= 15 is 0 Å². The van der Waals surface area contributed by atoms with E-state index < -0.39 is 0 Å². The third-order valence-electron chi connectivity index (χ3n) is 7.04. The Morgan fingerprint density at radius 2 is 1.41 bits per heavy atom. The van der Waals surface area contributed by atoms with Gasteiger partial charge in [-0.2, -0.15) is 6.67 Å². The first kappa shape index (κ1) is 30.8. The van der Waals surface area contributed by atoms with Gasteiger partial charge in [-0.1, -0.05) is 35.4 Å². The first-order chi connectivity index (χ1) is 18.1. The molecule has 5 nitrogen and oxygen atoms in total. The quantitative estimate of drug-likeness (QED) is 0.251. The Labute approximate surface area is 249 Å². The number of para-hydroxylation sites is 1. The van der Waals surface area contributed by atoms with Gasteiger partial charge in [-0.25, -0.2) is 0 Å². The number of nitrogens with zero attached hydrogens (tertiary/aromatic N) is 2. The molecule has 0 radical (unpaired) electrons. The molecule has 1 fully saturated rings. The van der Waals surface area contributed by atoms with Crippen molar-refractivity contribution in [1.29, 1.82) is 0 Å². The number of aryl methyl sites for hydroxylation is 6. The van der Waals surface area contributed by atoms with Gasteiger partial charge in [0.05, 0.1) is 0 Å². The fourth-order valence-electron chi connectivity index (χ4n) is 5.63. The van der Waals surface area contributed by atoms with Gasteiger partial charge in [0.2, 0.25) is 0 Å². The number of rotatable bonds is 4. The molecule has 7 heteroatoms. The average molecular weight is 634 g/mol. The zero-order valence-electron chi connectivity index (χ0n) is 23.9. The van der Waals surface area contributed by atoms with Gasteiger partial charge in [0.1, 0.15) is 0 Å². The van der Waals surface area contributed by atoms with Crippen molar-refractivity contribution in [2.75, 3.05) is 28.2 Å². The van der Waals surface area contributed by atoms with Crippen molar-refractivity contribution in [1.82, 2.24) is 0 Å². The molecule has 0 saturated carbocycles. The number of carbonyl (C=O) groups excluding carboxylic acids is 1. The largest absolute Gasteiger partial charge is 0.502 e. The first-order valence-electron chi connectivity index (χ1n) is 13.2. The molecule has 5 rings (SSSR count). The zero-order chi connectivity index (χ0) is 27.6. The van der Waals surface area contributed by atoms with Gasteiger partial charge in [-0.3, -0.25) is 0 Å². The second kappa shape index (κ2) is 13.1. The average Bonchev–Trinajstić information content (AvgIpc) is 3.31. The summed E-state index contributed by atoms with van der Waals surface area (Å²) in [5.41, 5.74) is 12.6. The van der Waals surface area contributed by atoms with Crippen LogP contribution in [0.25, 0.3) is 0 Å². The van der Waals surface area contributed by atoms with Crippen molar-refractivity contribution in [3.05, 3.63) is 88.1 Å². The second-order valence-electron chi connectivity index (χ2n) is 10.3. The standard InChI is InChI=1S/C21H27N2.C11H11NO2.ClH.Ru/c1-14-9-16(3)20(17(4)10-14)22-7-8-23(13-22)21-18(5)11-15(2)12-19(21)6;1-3-9-11(13)12-8-6-4-5-7(2)10(8)14-9;;/h9-13H,7-8H2,1-6H3;2,4-6,9H,3H2,1H3,(H,12,13);1H;/q-1;;;+1. The van der Waals surface area contributed by atoms with Gasteiger partial charge >= 0.3 is 97.9 Å². The van der Waals surface area contributed by atoms with E-state index in [0.29, 0.717) is 6.42 Å². The molecule has 3 aromatic rings. The van der Waals surface area contributed by atoms with Gasteiger partial charge in [-0.05, 0) is 63.8 Å². The van der Waals surface area contributed by atoms with E-state index in [4.69, 9.17) is 4.74 Å². The molecule has 2 aliphatic rings. The number of anilines is 3. The van der Waals surface area contributed by atoms with Crippen LogP contribution in [-0.4, -0.2) is 29.7 Å². The molecule has 1 amide bonds. The van der Waals surface area contributed by atoms with Crippen molar-refractivity contribution in [3.8, 4) is 5.75 Å². The number of amides is 1. The van der Waals surface area contributed by atoms with Gasteiger partial charge in [0.25, 0.3) is 0 Å². The van der Waals surface area contributed by atoms with Crippen molar-refractivity contribution in [3.63, 3.8) is 0 Å². The van der Waals surface area contributed by atoms with Crippen molar-refractivity contribution < 1.29 is 27.4 Å². The van der Waals surface area contributed by atoms with E-state index in [2.05, 4.69) is 105 Å². The maximum Gasteiger partial charge on any atom is 0.0146 e. The number of ether oxygens (including phenoxy) is 1. The first-order valence-corrected chi connectivity index (χ1v) is 14.2. The molecule has 0 aromatic heterocycles. The predicted octanol–water partition coefficient (Wildman–Crippen LogP) is 6.90. The molecular formula is C32H39ClN3O2Ru. The van der Waals surface area contributed by atoms with Crippen LogP contribution >= 0.6 is 12.4 Å². The minimum absolute atomic E-state index is 0. The Balaban J connectivity index is 0.000000228. The van der Waals surface area contributed by atoms with Crippen molar-refractivity contribution in [2.24, 2.45) is 0 Å². The molecule has 0 spiro atoms. The molecular weight excluding hydrogens is 595 g/mol. The van der Waals surface area contributed by atoms with E-state index in [1.165, 1.54) is 44.8 Å². The van der Waals surface area contributed by atoms with E-state index in [0.717, 1.165) is 30.1 Å². The summed E-state index contributed by atoms with van der Waals surface area (Å²) in [7, 11) is 0. The Morgan fingerprint density at radius 3 is 1.85 bits per heavy atom. The molecule has 1 N–H and O–H groups in total. The van der Waals surface area contributed by atoms with Crippen LogP contribution in [0.2, 0.25) is 0 Å². The molecule has 2 aliphatic heterocycles. The number of hydrogen-bond donors (Lipinski definition) is 1. The summed E-state index contributed by atoms with van der Waals surface area (Å²) in [5.74, 6) is 0.703. The number of carbonyl (C=O) groups is 1. The Bertz CT molecular complexity index is 1260. The van der Waals surface area contributed by atoms with Crippen molar-refractivity contribution >= 4 is 40.0 Å². The summed E-state index contributed by atoms with van der Waals surface area (Å²) < 4.78 is 7.57. The number of halogens is 1. The SMILES string of the molecule is CCC1Oc2c([CH]=[Ru+])cccc2NC1=O.Cc1cc(C)c(N2[CH-]N(c3c(C)cc(C)cc3C)CC2)c(C)c1.Cl. The normalized spacial score (nSPS) is 15.9. The van der Waals surface area contributed by atoms with Gasteiger partial charge < -0.3 is 9.80 Å². The Morgan fingerprint density at radius 1 is 0.923 bits per heavy atom. The second-order valence-corrected chi connectivity index (χ2v) is 10.8. The van der Waals surface area contributed by atoms with Crippen LogP contribution in [0.1, 0.15) is 52.3 Å². The summed E-state index contributed by atoms with van der Waals surface area (Å²) in [5, 5.41) is 2.84. The fourth-order valence-corrected chi connectivity index (χ4v) is 6.03. The molecule has 209 valence electrons. The Kier molecular flexibility index (Phi) is 10.4. The predicted molar refractivity (Wildman–Crippen MR) is 162 cm³/mol. The summed E-state index contributed by atoms with van der Waals surface area (Å²) in [4.78, 5) is 16.3. The maximum absolute atomic E-state index is 11.5. The summed E-state index contributed by atoms with van der Waals surface area (Å²) >= 11 is 2.45. The topological polar surface area (TPSA) is 44.8 Å². The molecule has 2 heterocycles. The third kappa shape index (κ3) is 6.73. The van der Waals surface area contributed by atoms with E-state index in [1.54, 1.807) is 0 Å². The molecule has 39 heavy (non-hydrogen) atoms. The van der Waals surface area contributed by atoms with Crippen molar-refractivity contribution in [2.45, 2.75) is 61.0 Å². The van der Waals surface area contributed by atoms with E-state index in [1.807, 2.05) is 29.7 Å². The van der Waals surface area contributed by atoms with Crippen LogP contribution in [0.4, 0.5) is 17.1 Å². The Hall–Kier alpha value is -2.69. The van der Waals surface area contributed by atoms with Crippen LogP contribution in [-0.2, 0) is 22.6 Å². The summed E-state index contributed by atoms with van der Waals surface area (Å²) in [6, 6.07) is 14.8. The minimum atomic E-state index is -0.370. The zero-order valence-corrected chi connectivity index (χ0v) is 26.4. The molecule has 1 saturated heterocycles. The maximum atomic E-state index is 11.5. The number of fused-ring (bicyclic) bond motifs is 1. The third-order valence-corrected chi connectivity index (χ3v) is 7.58. The molecule has 1 unspecified atom stereocenters.